The monoisotopic (exact) mass is 571 g/mol. The number of phenols is 1. The Hall–Kier alpha value is -2.69. The number of alkyl halides is 1. The molecular weight excluding hydrogens is 537 g/mol. The smallest absolute Gasteiger partial charge is 0.318 e. The summed E-state index contributed by atoms with van der Waals surface area (Å²) in [7, 11) is 0. The summed E-state index contributed by atoms with van der Waals surface area (Å²) in [5.41, 5.74) is 2.06. The Kier molecular flexibility index (Phi) is 6.55. The summed E-state index contributed by atoms with van der Waals surface area (Å²) in [6.07, 6.45) is 5.37. The van der Waals surface area contributed by atoms with Gasteiger partial charge in [0.05, 0.1) is 29.6 Å². The molecule has 7 rings (SSSR count). The number of rotatable bonds is 6. The molecule has 3 atom stereocenters. The van der Waals surface area contributed by atoms with Crippen LogP contribution < -0.4 is 14.5 Å². The fourth-order valence-electron chi connectivity index (χ4n) is 7.20. The fraction of sp³-hybridized carbons (Fsp3) is 0.621. The van der Waals surface area contributed by atoms with E-state index in [1.807, 2.05) is 4.90 Å². The van der Waals surface area contributed by atoms with Gasteiger partial charge in [-0.05, 0) is 69.0 Å². The van der Waals surface area contributed by atoms with Gasteiger partial charge < -0.3 is 24.7 Å². The number of nitrogens with zero attached hydrogens (tertiary/aromatic N) is 5. The zero-order valence-electron chi connectivity index (χ0n) is 22.5. The number of fused-ring (bicyclic) bond motifs is 2. The number of β-amino-alcohol motifs (C(OH)–C–C–N with tert-alkyl or cyclic N) is 1. The maximum absolute atomic E-state index is 14.3. The zero-order chi connectivity index (χ0) is 27.6. The first-order valence-corrected chi connectivity index (χ1v) is 14.9. The van der Waals surface area contributed by atoms with E-state index in [0.717, 1.165) is 50.6 Å². The Bertz CT molecular complexity index is 1340. The van der Waals surface area contributed by atoms with Gasteiger partial charge in [0, 0.05) is 37.1 Å². The lowest BCUT2D eigenvalue weighted by Gasteiger charge is -2.31. The molecule has 2 N–H and O–H groups in total. The highest BCUT2D eigenvalue weighted by atomic mass is 35.5. The molecule has 0 bridgehead atoms. The average molecular weight is 572 g/mol. The first kappa shape index (κ1) is 26.2. The van der Waals surface area contributed by atoms with Gasteiger partial charge in [0.1, 0.15) is 29.9 Å². The molecule has 5 aliphatic rings. The van der Waals surface area contributed by atoms with Gasteiger partial charge in [0.25, 0.3) is 5.91 Å². The van der Waals surface area contributed by atoms with Crippen LogP contribution in [0.25, 0.3) is 0 Å². The highest BCUT2D eigenvalue weighted by Gasteiger charge is 2.49. The second-order valence-electron chi connectivity index (χ2n) is 12.1. The van der Waals surface area contributed by atoms with Gasteiger partial charge in [0.2, 0.25) is 0 Å². The second-order valence-corrected chi connectivity index (χ2v) is 12.5. The van der Waals surface area contributed by atoms with Gasteiger partial charge in [0.15, 0.2) is 0 Å². The van der Waals surface area contributed by atoms with E-state index in [-0.39, 0.29) is 35.7 Å². The van der Waals surface area contributed by atoms with E-state index >= 15 is 0 Å². The quantitative estimate of drug-likeness (QED) is 0.532. The molecule has 0 radical (unpaired) electrons. The summed E-state index contributed by atoms with van der Waals surface area (Å²) < 4.78 is 20.6. The predicted octanol–water partition coefficient (Wildman–Crippen LogP) is 4.18. The van der Waals surface area contributed by atoms with E-state index in [4.69, 9.17) is 26.3 Å². The van der Waals surface area contributed by atoms with Crippen LogP contribution in [0.1, 0.15) is 78.9 Å². The summed E-state index contributed by atoms with van der Waals surface area (Å²) in [6, 6.07) is 3.30. The topological polar surface area (TPSA) is 102 Å². The van der Waals surface area contributed by atoms with Crippen molar-refractivity contribution in [2.75, 3.05) is 42.6 Å². The SMILES string of the molecule is O=C1c2c(nc(OC[C@@]34CCCN3CC(F)C4)nc2N2CCCC[C@H](O)C2)CN1c1cc(O)cc(Cl)c1C1CC1. The first-order valence-electron chi connectivity index (χ1n) is 14.5. The van der Waals surface area contributed by atoms with Crippen LogP contribution in [-0.4, -0.2) is 81.6 Å². The molecule has 1 saturated carbocycles. The zero-order valence-corrected chi connectivity index (χ0v) is 23.2. The lowest BCUT2D eigenvalue weighted by atomic mass is 9.95. The number of benzene rings is 1. The number of carbonyl (C=O) groups excluding carboxylic acids is 1. The minimum atomic E-state index is -0.861. The van der Waals surface area contributed by atoms with Crippen molar-refractivity contribution in [3.8, 4) is 11.8 Å². The molecule has 5 heterocycles. The van der Waals surface area contributed by atoms with Crippen molar-refractivity contribution in [2.45, 2.75) is 81.6 Å². The van der Waals surface area contributed by atoms with E-state index < -0.39 is 12.3 Å². The number of amides is 1. The normalized spacial score (nSPS) is 28.6. The number of carbonyl (C=O) groups is 1. The molecule has 1 amide bonds. The highest BCUT2D eigenvalue weighted by molar-refractivity contribution is 6.32. The molecule has 2 aromatic rings. The first-order chi connectivity index (χ1) is 19.3. The van der Waals surface area contributed by atoms with Gasteiger partial charge in [-0.25, -0.2) is 4.39 Å². The molecule has 214 valence electrons. The summed E-state index contributed by atoms with van der Waals surface area (Å²) in [5, 5.41) is 21.4. The van der Waals surface area contributed by atoms with Gasteiger partial charge >= 0.3 is 6.01 Å². The predicted molar refractivity (Wildman–Crippen MR) is 148 cm³/mol. The average Bonchev–Trinajstić information content (AvgIpc) is 3.55. The third-order valence-electron chi connectivity index (χ3n) is 9.26. The number of aliphatic hydroxyl groups excluding tert-OH is 1. The van der Waals surface area contributed by atoms with Crippen molar-refractivity contribution >= 4 is 29.0 Å². The molecular formula is C29H35ClFN5O4. The maximum Gasteiger partial charge on any atom is 0.318 e. The minimum Gasteiger partial charge on any atom is -0.508 e. The lowest BCUT2D eigenvalue weighted by Crippen LogP contribution is -2.43. The van der Waals surface area contributed by atoms with Gasteiger partial charge in [-0.1, -0.05) is 11.6 Å². The van der Waals surface area contributed by atoms with Crippen LogP contribution in [0.15, 0.2) is 12.1 Å². The molecule has 11 heteroatoms. The number of ether oxygens (including phenoxy) is 1. The number of aliphatic hydroxyl groups is 1. The summed E-state index contributed by atoms with van der Waals surface area (Å²) in [4.78, 5) is 29.3. The Labute approximate surface area is 237 Å². The largest absolute Gasteiger partial charge is 0.508 e. The molecule has 9 nitrogen and oxygen atoms in total. The summed E-state index contributed by atoms with van der Waals surface area (Å²) in [6.45, 7) is 2.80. The van der Waals surface area contributed by atoms with E-state index in [9.17, 15) is 19.4 Å². The van der Waals surface area contributed by atoms with E-state index in [2.05, 4.69) is 4.90 Å². The molecule has 1 aromatic heterocycles. The van der Waals surface area contributed by atoms with Crippen LogP contribution in [0.5, 0.6) is 11.8 Å². The third kappa shape index (κ3) is 4.58. The summed E-state index contributed by atoms with van der Waals surface area (Å²) in [5.74, 6) is 0.463. The Morgan fingerprint density at radius 1 is 1.12 bits per heavy atom. The number of phenolic OH excluding ortho intramolecular Hbond substituents is 1. The van der Waals surface area contributed by atoms with Crippen molar-refractivity contribution in [3.05, 3.63) is 34.0 Å². The number of halogens is 2. The molecule has 1 aliphatic carbocycles. The summed E-state index contributed by atoms with van der Waals surface area (Å²) >= 11 is 6.56. The van der Waals surface area contributed by atoms with Crippen LogP contribution in [0.3, 0.4) is 0 Å². The molecule has 3 saturated heterocycles. The van der Waals surface area contributed by atoms with Gasteiger partial charge in [-0.15, -0.1) is 0 Å². The molecule has 0 spiro atoms. The van der Waals surface area contributed by atoms with Crippen molar-refractivity contribution in [3.63, 3.8) is 0 Å². The molecule has 1 unspecified atom stereocenters. The highest BCUT2D eigenvalue weighted by Crippen LogP contribution is 2.50. The van der Waals surface area contributed by atoms with Crippen molar-refractivity contribution in [2.24, 2.45) is 0 Å². The van der Waals surface area contributed by atoms with Gasteiger partial charge in [-0.2, -0.15) is 9.97 Å². The second kappa shape index (κ2) is 9.99. The van der Waals surface area contributed by atoms with Crippen molar-refractivity contribution in [1.29, 1.82) is 0 Å². The number of aromatic nitrogens is 2. The third-order valence-corrected chi connectivity index (χ3v) is 9.57. The molecule has 1 aromatic carbocycles. The van der Waals surface area contributed by atoms with E-state index in [1.54, 1.807) is 11.0 Å². The van der Waals surface area contributed by atoms with Crippen molar-refractivity contribution in [1.82, 2.24) is 14.9 Å². The van der Waals surface area contributed by atoms with Crippen molar-refractivity contribution < 1.29 is 24.1 Å². The Balaban J connectivity index is 1.25. The Morgan fingerprint density at radius 3 is 2.80 bits per heavy atom. The number of hydrogen-bond acceptors (Lipinski definition) is 8. The standard InChI is InChI=1S/C29H35ClFN5O4/c30-21-10-20(38)11-23(24(21)17-5-6-17)36-15-22-25(27(36)39)26(34-8-2-1-4-19(37)14-34)33-28(32-22)40-16-29-7-3-9-35(29)13-18(31)12-29/h10-11,17-19,37-38H,1-9,12-16H2/t18?,19-,29-/m0/s1. The van der Waals surface area contributed by atoms with Crippen LogP contribution in [0.2, 0.25) is 5.02 Å². The molecule has 4 aliphatic heterocycles. The van der Waals surface area contributed by atoms with E-state index in [1.165, 1.54) is 6.07 Å². The number of anilines is 2. The minimum absolute atomic E-state index is 0.00207. The maximum atomic E-state index is 14.3. The fourth-order valence-corrected chi connectivity index (χ4v) is 7.56. The number of aromatic hydroxyl groups is 1. The van der Waals surface area contributed by atoms with Crippen LogP contribution in [0.4, 0.5) is 15.9 Å². The molecule has 40 heavy (non-hydrogen) atoms. The van der Waals surface area contributed by atoms with Crippen LogP contribution in [-0.2, 0) is 6.54 Å². The van der Waals surface area contributed by atoms with Crippen LogP contribution >= 0.6 is 11.6 Å². The van der Waals surface area contributed by atoms with E-state index in [0.29, 0.717) is 66.9 Å². The van der Waals surface area contributed by atoms with Gasteiger partial charge in [-0.3, -0.25) is 9.69 Å². The molecule has 4 fully saturated rings. The van der Waals surface area contributed by atoms with Crippen LogP contribution in [0, 0.1) is 0 Å². The Morgan fingerprint density at radius 2 is 1.98 bits per heavy atom. The lowest BCUT2D eigenvalue weighted by molar-refractivity contribution is 0.0995. The number of hydrogen-bond donors (Lipinski definition) is 2.